The molecule has 0 unspecified atom stereocenters. The van der Waals surface area contributed by atoms with Crippen LogP contribution in [0.2, 0.25) is 5.02 Å². The molecule has 5 nitrogen and oxygen atoms in total. The Morgan fingerprint density at radius 3 is 2.50 bits per heavy atom. The number of carbonyl (C=O) groups excluding carboxylic acids is 2. The molecule has 0 bridgehead atoms. The minimum atomic E-state index is -0.626. The second-order valence-electron chi connectivity index (χ2n) is 6.96. The lowest BCUT2D eigenvalue weighted by Gasteiger charge is -2.30. The van der Waals surface area contributed by atoms with Gasteiger partial charge >= 0.3 is 11.8 Å². The Morgan fingerprint density at radius 1 is 1.04 bits per heavy atom. The van der Waals surface area contributed by atoms with Gasteiger partial charge in [0, 0.05) is 36.9 Å². The van der Waals surface area contributed by atoms with Crippen molar-refractivity contribution in [3.05, 3.63) is 64.2 Å². The SMILES string of the molecule is CCN1CCCc2cc(CCNC(=O)C(=O)NCc3ccc(Cl)cc3)ccc21. The number of carbonyl (C=O) groups is 2. The molecule has 28 heavy (non-hydrogen) atoms. The van der Waals surface area contributed by atoms with Crippen LogP contribution in [0.15, 0.2) is 42.5 Å². The molecular formula is C22H26ClN3O2. The zero-order valence-electron chi connectivity index (χ0n) is 16.1. The Labute approximate surface area is 171 Å². The number of anilines is 1. The summed E-state index contributed by atoms with van der Waals surface area (Å²) in [6.07, 6.45) is 2.98. The third-order valence-electron chi connectivity index (χ3n) is 5.01. The average molecular weight is 400 g/mol. The van der Waals surface area contributed by atoms with Crippen molar-refractivity contribution in [3.8, 4) is 0 Å². The topological polar surface area (TPSA) is 61.4 Å². The van der Waals surface area contributed by atoms with E-state index < -0.39 is 11.8 Å². The van der Waals surface area contributed by atoms with Crippen molar-refractivity contribution in [2.24, 2.45) is 0 Å². The average Bonchev–Trinajstić information content (AvgIpc) is 2.72. The number of aryl methyl sites for hydroxylation is 1. The zero-order chi connectivity index (χ0) is 19.9. The van der Waals surface area contributed by atoms with Crippen LogP contribution in [0.1, 0.15) is 30.0 Å². The van der Waals surface area contributed by atoms with E-state index in [1.807, 2.05) is 12.1 Å². The molecule has 0 saturated heterocycles. The Kier molecular flexibility index (Phi) is 6.93. The Morgan fingerprint density at radius 2 is 1.75 bits per heavy atom. The maximum absolute atomic E-state index is 12.0. The first kappa shape index (κ1) is 20.2. The van der Waals surface area contributed by atoms with Crippen LogP contribution in [0.5, 0.6) is 0 Å². The number of nitrogens with one attached hydrogen (secondary N) is 2. The van der Waals surface area contributed by atoms with Crippen LogP contribution >= 0.6 is 11.6 Å². The lowest BCUT2D eigenvalue weighted by Crippen LogP contribution is -2.40. The first-order chi connectivity index (χ1) is 13.6. The van der Waals surface area contributed by atoms with Crippen LogP contribution in [0.25, 0.3) is 0 Å². The molecule has 0 aliphatic carbocycles. The summed E-state index contributed by atoms with van der Waals surface area (Å²) >= 11 is 5.83. The van der Waals surface area contributed by atoms with E-state index in [-0.39, 0.29) is 0 Å². The zero-order valence-corrected chi connectivity index (χ0v) is 16.9. The van der Waals surface area contributed by atoms with Crippen molar-refractivity contribution in [2.75, 3.05) is 24.5 Å². The Hall–Kier alpha value is -2.53. The first-order valence-electron chi connectivity index (χ1n) is 9.74. The van der Waals surface area contributed by atoms with Gasteiger partial charge in [0.15, 0.2) is 0 Å². The summed E-state index contributed by atoms with van der Waals surface area (Å²) < 4.78 is 0. The second-order valence-corrected chi connectivity index (χ2v) is 7.40. The molecule has 0 spiro atoms. The van der Waals surface area contributed by atoms with E-state index >= 15 is 0 Å². The van der Waals surface area contributed by atoms with Gasteiger partial charge < -0.3 is 15.5 Å². The normalized spacial score (nSPS) is 13.0. The lowest BCUT2D eigenvalue weighted by molar-refractivity contribution is -0.139. The van der Waals surface area contributed by atoms with Gasteiger partial charge in [0.05, 0.1) is 0 Å². The Bertz CT molecular complexity index is 836. The predicted octanol–water partition coefficient (Wildman–Crippen LogP) is 3.09. The van der Waals surface area contributed by atoms with Crippen LogP contribution < -0.4 is 15.5 Å². The number of amides is 2. The highest BCUT2D eigenvalue weighted by Crippen LogP contribution is 2.27. The van der Waals surface area contributed by atoms with E-state index in [4.69, 9.17) is 11.6 Å². The van der Waals surface area contributed by atoms with E-state index in [1.54, 1.807) is 12.1 Å². The number of rotatable bonds is 6. The molecule has 2 amide bonds. The van der Waals surface area contributed by atoms with E-state index in [2.05, 4.69) is 40.7 Å². The molecule has 148 valence electrons. The van der Waals surface area contributed by atoms with E-state index in [9.17, 15) is 9.59 Å². The van der Waals surface area contributed by atoms with Crippen LogP contribution in [-0.4, -0.2) is 31.4 Å². The summed E-state index contributed by atoms with van der Waals surface area (Å²) in [4.78, 5) is 26.3. The van der Waals surface area contributed by atoms with Crippen LogP contribution in [0.3, 0.4) is 0 Å². The summed E-state index contributed by atoms with van der Waals surface area (Å²) in [5.41, 5.74) is 4.76. The number of fused-ring (bicyclic) bond motifs is 1. The number of hydrogen-bond donors (Lipinski definition) is 2. The van der Waals surface area contributed by atoms with Gasteiger partial charge in [-0.25, -0.2) is 0 Å². The molecule has 0 saturated carbocycles. The first-order valence-corrected chi connectivity index (χ1v) is 10.1. The summed E-state index contributed by atoms with van der Waals surface area (Å²) in [7, 11) is 0. The smallest absolute Gasteiger partial charge is 0.309 e. The second kappa shape index (κ2) is 9.60. The minimum Gasteiger partial charge on any atom is -0.372 e. The molecule has 0 atom stereocenters. The van der Waals surface area contributed by atoms with Crippen molar-refractivity contribution >= 4 is 29.1 Å². The molecule has 0 fully saturated rings. The molecule has 0 aromatic heterocycles. The van der Waals surface area contributed by atoms with Crippen LogP contribution in [0, 0.1) is 0 Å². The van der Waals surface area contributed by atoms with Gasteiger partial charge in [-0.05, 0) is 61.1 Å². The fourth-order valence-corrected chi connectivity index (χ4v) is 3.60. The number of hydrogen-bond acceptors (Lipinski definition) is 3. The number of nitrogens with zero attached hydrogens (tertiary/aromatic N) is 1. The number of halogens is 1. The third-order valence-corrected chi connectivity index (χ3v) is 5.26. The molecule has 6 heteroatoms. The maximum Gasteiger partial charge on any atom is 0.309 e. The fourth-order valence-electron chi connectivity index (χ4n) is 3.48. The molecule has 1 aliphatic rings. The van der Waals surface area contributed by atoms with Gasteiger partial charge in [-0.3, -0.25) is 9.59 Å². The highest BCUT2D eigenvalue weighted by Gasteiger charge is 2.16. The van der Waals surface area contributed by atoms with Crippen molar-refractivity contribution in [1.82, 2.24) is 10.6 Å². The van der Waals surface area contributed by atoms with Gasteiger partial charge in [0.1, 0.15) is 0 Å². The molecule has 2 N–H and O–H groups in total. The fraction of sp³-hybridized carbons (Fsp3) is 0.364. The summed E-state index contributed by atoms with van der Waals surface area (Å²) in [5.74, 6) is -1.23. The van der Waals surface area contributed by atoms with E-state index in [0.717, 1.165) is 25.1 Å². The lowest BCUT2D eigenvalue weighted by atomic mass is 9.98. The quantitative estimate of drug-likeness (QED) is 0.734. The van der Waals surface area contributed by atoms with Crippen molar-refractivity contribution in [1.29, 1.82) is 0 Å². The summed E-state index contributed by atoms with van der Waals surface area (Å²) in [5, 5.41) is 5.95. The minimum absolute atomic E-state index is 0.294. The summed E-state index contributed by atoms with van der Waals surface area (Å²) in [6.45, 7) is 5.04. The molecule has 1 heterocycles. The van der Waals surface area contributed by atoms with E-state index in [1.165, 1.54) is 23.2 Å². The predicted molar refractivity (Wildman–Crippen MR) is 113 cm³/mol. The molecule has 3 rings (SSSR count). The van der Waals surface area contributed by atoms with Gasteiger partial charge in [-0.2, -0.15) is 0 Å². The van der Waals surface area contributed by atoms with Gasteiger partial charge in [0.25, 0.3) is 0 Å². The highest BCUT2D eigenvalue weighted by atomic mass is 35.5. The van der Waals surface area contributed by atoms with Crippen LogP contribution in [0.4, 0.5) is 5.69 Å². The van der Waals surface area contributed by atoms with Gasteiger partial charge in [0.2, 0.25) is 0 Å². The monoisotopic (exact) mass is 399 g/mol. The molecule has 1 aliphatic heterocycles. The standard InChI is InChI=1S/C22H26ClN3O2/c1-2-26-13-3-4-18-14-16(7-10-20(18)26)11-12-24-21(27)22(28)25-15-17-5-8-19(23)9-6-17/h5-10,14H,2-4,11-13,15H2,1H3,(H,24,27)(H,25,28). The Balaban J connectivity index is 1.44. The van der Waals surface area contributed by atoms with Crippen LogP contribution in [-0.2, 0) is 29.0 Å². The van der Waals surface area contributed by atoms with Crippen molar-refractivity contribution in [3.63, 3.8) is 0 Å². The van der Waals surface area contributed by atoms with E-state index in [0.29, 0.717) is 24.5 Å². The maximum atomic E-state index is 12.0. The highest BCUT2D eigenvalue weighted by molar-refractivity contribution is 6.35. The van der Waals surface area contributed by atoms with Crippen molar-refractivity contribution in [2.45, 2.75) is 32.7 Å². The molecule has 2 aromatic rings. The number of benzene rings is 2. The van der Waals surface area contributed by atoms with Gasteiger partial charge in [-0.1, -0.05) is 35.9 Å². The summed E-state index contributed by atoms with van der Waals surface area (Å²) in [6, 6.07) is 13.6. The van der Waals surface area contributed by atoms with Gasteiger partial charge in [-0.15, -0.1) is 0 Å². The molecule has 0 radical (unpaired) electrons. The molecule has 2 aromatic carbocycles. The van der Waals surface area contributed by atoms with Crippen molar-refractivity contribution < 1.29 is 9.59 Å². The largest absolute Gasteiger partial charge is 0.372 e. The third kappa shape index (κ3) is 5.26. The molecular weight excluding hydrogens is 374 g/mol.